The van der Waals surface area contributed by atoms with Gasteiger partial charge in [-0.25, -0.2) is 4.39 Å². The third kappa shape index (κ3) is 5.12. The fourth-order valence-corrected chi connectivity index (χ4v) is 2.32. The van der Waals surface area contributed by atoms with E-state index >= 15 is 0 Å². The van der Waals surface area contributed by atoms with Gasteiger partial charge in [0.2, 0.25) is 0 Å². The number of amides is 2. The summed E-state index contributed by atoms with van der Waals surface area (Å²) in [4.78, 5) is 23.9. The smallest absolute Gasteiger partial charge is 0.313 e. The van der Waals surface area contributed by atoms with Crippen molar-refractivity contribution in [2.24, 2.45) is 0 Å². The maximum Gasteiger partial charge on any atom is 0.313 e. The minimum Gasteiger partial charge on any atom is -0.375 e. The third-order valence-electron chi connectivity index (χ3n) is 3.92. The van der Waals surface area contributed by atoms with Crippen molar-refractivity contribution in [3.8, 4) is 0 Å². The van der Waals surface area contributed by atoms with E-state index in [0.29, 0.717) is 11.3 Å². The number of ether oxygens (including phenoxy) is 1. The van der Waals surface area contributed by atoms with Gasteiger partial charge in [0.05, 0.1) is 6.10 Å². The molecule has 132 valence electrons. The van der Waals surface area contributed by atoms with Crippen LogP contribution in [0.1, 0.15) is 22.8 Å². The molecule has 0 saturated carbocycles. The average Bonchev–Trinajstić information content (AvgIpc) is 2.58. The first kappa shape index (κ1) is 18.6. The van der Waals surface area contributed by atoms with Crippen LogP contribution < -0.4 is 10.6 Å². The molecule has 25 heavy (non-hydrogen) atoms. The van der Waals surface area contributed by atoms with Gasteiger partial charge in [-0.3, -0.25) is 9.59 Å². The molecular weight excluding hydrogens is 323 g/mol. The Hall–Kier alpha value is -2.73. The summed E-state index contributed by atoms with van der Waals surface area (Å²) in [6.45, 7) is 3.94. The Bertz CT molecular complexity index is 777. The zero-order chi connectivity index (χ0) is 18.4. The molecule has 2 aromatic rings. The average molecular weight is 344 g/mol. The molecule has 2 amide bonds. The molecule has 6 heteroatoms. The number of benzene rings is 2. The Morgan fingerprint density at radius 3 is 2.48 bits per heavy atom. The molecule has 0 heterocycles. The number of carbonyl (C=O) groups excluding carboxylic acids is 2. The second-order valence-corrected chi connectivity index (χ2v) is 5.74. The summed E-state index contributed by atoms with van der Waals surface area (Å²) in [6, 6.07) is 11.3. The van der Waals surface area contributed by atoms with Crippen LogP contribution in [0.25, 0.3) is 0 Å². The maximum absolute atomic E-state index is 13.3. The standard InChI is InChI=1S/C19H21FN2O3/c1-12-7-8-16(9-13(12)2)22-19(24)18(23)21-11-17(25-3)14-5-4-6-15(20)10-14/h4-10,17H,11H2,1-3H3,(H,21,23)(H,22,24)/t17-/m1/s1. The molecule has 2 N–H and O–H groups in total. The zero-order valence-corrected chi connectivity index (χ0v) is 14.4. The molecular formula is C19H21FN2O3. The molecule has 0 aliphatic carbocycles. The molecule has 0 spiro atoms. The molecule has 0 fully saturated rings. The van der Waals surface area contributed by atoms with E-state index in [1.165, 1.54) is 19.2 Å². The Kier molecular flexibility index (Phi) is 6.25. The van der Waals surface area contributed by atoms with Gasteiger partial charge in [0, 0.05) is 19.3 Å². The van der Waals surface area contributed by atoms with Crippen molar-refractivity contribution in [3.63, 3.8) is 0 Å². The molecule has 0 aromatic heterocycles. The van der Waals surface area contributed by atoms with Gasteiger partial charge in [-0.15, -0.1) is 0 Å². The lowest BCUT2D eigenvalue weighted by atomic mass is 10.1. The summed E-state index contributed by atoms with van der Waals surface area (Å²) in [5, 5.41) is 5.05. The molecule has 0 aliphatic heterocycles. The maximum atomic E-state index is 13.3. The molecule has 1 atom stereocenters. The molecule has 0 unspecified atom stereocenters. The fourth-order valence-electron chi connectivity index (χ4n) is 2.32. The van der Waals surface area contributed by atoms with Gasteiger partial charge in [0.1, 0.15) is 5.82 Å². The lowest BCUT2D eigenvalue weighted by Crippen LogP contribution is -2.38. The normalized spacial score (nSPS) is 11.7. The zero-order valence-electron chi connectivity index (χ0n) is 14.4. The van der Waals surface area contributed by atoms with Crippen LogP contribution in [0.3, 0.4) is 0 Å². The fraction of sp³-hybridized carbons (Fsp3) is 0.263. The highest BCUT2D eigenvalue weighted by Gasteiger charge is 2.17. The van der Waals surface area contributed by atoms with Gasteiger partial charge < -0.3 is 15.4 Å². The largest absolute Gasteiger partial charge is 0.375 e. The number of anilines is 1. The van der Waals surface area contributed by atoms with Gasteiger partial charge in [0.15, 0.2) is 0 Å². The van der Waals surface area contributed by atoms with E-state index in [1.54, 1.807) is 24.3 Å². The van der Waals surface area contributed by atoms with Crippen molar-refractivity contribution >= 4 is 17.5 Å². The van der Waals surface area contributed by atoms with E-state index in [2.05, 4.69) is 10.6 Å². The lowest BCUT2D eigenvalue weighted by Gasteiger charge is -2.16. The number of methoxy groups -OCH3 is 1. The molecule has 5 nitrogen and oxygen atoms in total. The topological polar surface area (TPSA) is 67.4 Å². The third-order valence-corrected chi connectivity index (χ3v) is 3.92. The first-order valence-corrected chi connectivity index (χ1v) is 7.85. The summed E-state index contributed by atoms with van der Waals surface area (Å²) >= 11 is 0. The van der Waals surface area contributed by atoms with Crippen LogP contribution in [-0.2, 0) is 14.3 Å². The minimum atomic E-state index is -0.781. The Balaban J connectivity index is 1.93. The van der Waals surface area contributed by atoms with Crippen LogP contribution in [0, 0.1) is 19.7 Å². The van der Waals surface area contributed by atoms with Gasteiger partial charge in [-0.1, -0.05) is 18.2 Å². The molecule has 0 saturated heterocycles. The van der Waals surface area contributed by atoms with E-state index in [9.17, 15) is 14.0 Å². The molecule has 0 radical (unpaired) electrons. The Morgan fingerprint density at radius 1 is 1.08 bits per heavy atom. The van der Waals surface area contributed by atoms with Crippen LogP contribution >= 0.6 is 0 Å². The molecule has 2 rings (SSSR count). The Labute approximate surface area is 146 Å². The monoisotopic (exact) mass is 344 g/mol. The van der Waals surface area contributed by atoms with Crippen molar-refractivity contribution in [1.29, 1.82) is 0 Å². The van der Waals surface area contributed by atoms with E-state index in [0.717, 1.165) is 11.1 Å². The van der Waals surface area contributed by atoms with Crippen LogP contribution in [-0.4, -0.2) is 25.5 Å². The van der Waals surface area contributed by atoms with Crippen LogP contribution in [0.2, 0.25) is 0 Å². The van der Waals surface area contributed by atoms with Crippen molar-refractivity contribution < 1.29 is 18.7 Å². The van der Waals surface area contributed by atoms with Gasteiger partial charge >= 0.3 is 11.8 Å². The minimum absolute atomic E-state index is 0.0547. The first-order valence-electron chi connectivity index (χ1n) is 7.85. The first-order chi connectivity index (χ1) is 11.9. The predicted octanol–water partition coefficient (Wildman–Crippen LogP) is 2.88. The van der Waals surface area contributed by atoms with Crippen molar-refractivity contribution in [1.82, 2.24) is 5.32 Å². The SMILES string of the molecule is CO[C@H](CNC(=O)C(=O)Nc1ccc(C)c(C)c1)c1cccc(F)c1. The summed E-state index contributed by atoms with van der Waals surface area (Å²) < 4.78 is 18.5. The number of halogens is 1. The van der Waals surface area contributed by atoms with E-state index in [-0.39, 0.29) is 6.54 Å². The van der Waals surface area contributed by atoms with Crippen LogP contribution in [0.5, 0.6) is 0 Å². The summed E-state index contributed by atoms with van der Waals surface area (Å²) in [5.74, 6) is -1.94. The highest BCUT2D eigenvalue weighted by Crippen LogP contribution is 2.17. The van der Waals surface area contributed by atoms with E-state index in [4.69, 9.17) is 4.74 Å². The van der Waals surface area contributed by atoms with Gasteiger partial charge in [-0.2, -0.15) is 0 Å². The second-order valence-electron chi connectivity index (χ2n) is 5.74. The summed E-state index contributed by atoms with van der Waals surface area (Å²) in [6.07, 6.45) is -0.547. The predicted molar refractivity (Wildman–Crippen MR) is 93.7 cm³/mol. The highest BCUT2D eigenvalue weighted by molar-refractivity contribution is 6.39. The van der Waals surface area contributed by atoms with E-state index in [1.807, 2.05) is 19.9 Å². The number of aryl methyl sites for hydroxylation is 2. The second kappa shape index (κ2) is 8.39. The number of nitrogens with one attached hydrogen (secondary N) is 2. The van der Waals surface area contributed by atoms with Crippen LogP contribution in [0.4, 0.5) is 10.1 Å². The summed E-state index contributed by atoms with van der Waals surface area (Å²) in [7, 11) is 1.46. The highest BCUT2D eigenvalue weighted by atomic mass is 19.1. The van der Waals surface area contributed by atoms with Crippen molar-refractivity contribution in [2.75, 3.05) is 19.0 Å². The lowest BCUT2D eigenvalue weighted by molar-refractivity contribution is -0.136. The van der Waals surface area contributed by atoms with Gasteiger partial charge in [-0.05, 0) is 54.8 Å². The number of hydrogen-bond donors (Lipinski definition) is 2. The molecule has 0 bridgehead atoms. The Morgan fingerprint density at radius 2 is 1.84 bits per heavy atom. The number of carbonyl (C=O) groups is 2. The molecule has 2 aromatic carbocycles. The molecule has 0 aliphatic rings. The van der Waals surface area contributed by atoms with Crippen LogP contribution in [0.15, 0.2) is 42.5 Å². The number of rotatable bonds is 5. The van der Waals surface area contributed by atoms with Crippen molar-refractivity contribution in [3.05, 3.63) is 65.0 Å². The van der Waals surface area contributed by atoms with Gasteiger partial charge in [0.25, 0.3) is 0 Å². The van der Waals surface area contributed by atoms with E-state index < -0.39 is 23.7 Å². The number of hydrogen-bond acceptors (Lipinski definition) is 3. The van der Waals surface area contributed by atoms with Crippen molar-refractivity contribution in [2.45, 2.75) is 20.0 Å². The summed E-state index contributed by atoms with van der Waals surface area (Å²) in [5.41, 5.74) is 3.25. The quantitative estimate of drug-likeness (QED) is 0.820.